The molecule has 0 unspecified atom stereocenters. The molecule has 1 fully saturated rings. The van der Waals surface area contributed by atoms with Gasteiger partial charge in [0.2, 0.25) is 0 Å². The molecule has 0 aromatic carbocycles. The SMILES string of the molecule is CO[C@H]1C[C@@H](CN(C)c2cc(C#N)ccn2)N(C)C1. The Labute approximate surface area is 114 Å². The van der Waals surface area contributed by atoms with E-state index in [0.29, 0.717) is 17.7 Å². The van der Waals surface area contributed by atoms with Gasteiger partial charge in [-0.1, -0.05) is 0 Å². The summed E-state index contributed by atoms with van der Waals surface area (Å²) < 4.78 is 5.42. The normalized spacial score (nSPS) is 23.3. The molecule has 0 N–H and O–H groups in total. The van der Waals surface area contributed by atoms with Crippen molar-refractivity contribution in [3.63, 3.8) is 0 Å². The molecule has 0 spiro atoms. The van der Waals surface area contributed by atoms with Gasteiger partial charge in [0.15, 0.2) is 0 Å². The maximum absolute atomic E-state index is 8.92. The summed E-state index contributed by atoms with van der Waals surface area (Å²) in [5.74, 6) is 0.841. The topological polar surface area (TPSA) is 52.4 Å². The van der Waals surface area contributed by atoms with Crippen molar-refractivity contribution in [3.8, 4) is 6.07 Å². The summed E-state index contributed by atoms with van der Waals surface area (Å²) in [6, 6.07) is 6.15. The van der Waals surface area contributed by atoms with Crippen LogP contribution in [-0.4, -0.2) is 56.3 Å². The van der Waals surface area contributed by atoms with Gasteiger partial charge in [0.1, 0.15) is 5.82 Å². The third-order valence-corrected chi connectivity index (χ3v) is 3.73. The van der Waals surface area contributed by atoms with Crippen LogP contribution in [0.1, 0.15) is 12.0 Å². The van der Waals surface area contributed by atoms with E-state index in [1.165, 1.54) is 0 Å². The van der Waals surface area contributed by atoms with Crippen LogP contribution in [0.15, 0.2) is 18.3 Å². The van der Waals surface area contributed by atoms with Gasteiger partial charge in [0.25, 0.3) is 0 Å². The number of rotatable bonds is 4. The largest absolute Gasteiger partial charge is 0.380 e. The average molecular weight is 260 g/mol. The molecule has 1 aliphatic rings. The van der Waals surface area contributed by atoms with Crippen molar-refractivity contribution in [2.75, 3.05) is 39.2 Å². The molecule has 5 nitrogen and oxygen atoms in total. The van der Waals surface area contributed by atoms with Crippen LogP contribution >= 0.6 is 0 Å². The Balaban J connectivity index is 2.01. The molecule has 2 heterocycles. The van der Waals surface area contributed by atoms with Gasteiger partial charge in [0, 0.05) is 39.5 Å². The quantitative estimate of drug-likeness (QED) is 0.811. The van der Waals surface area contributed by atoms with Crippen molar-refractivity contribution in [2.24, 2.45) is 0 Å². The molecular formula is C14H20N4O. The highest BCUT2D eigenvalue weighted by Crippen LogP contribution is 2.20. The van der Waals surface area contributed by atoms with Gasteiger partial charge in [-0.3, -0.25) is 4.90 Å². The lowest BCUT2D eigenvalue weighted by Gasteiger charge is -2.26. The van der Waals surface area contributed by atoms with E-state index in [1.54, 1.807) is 19.4 Å². The fourth-order valence-electron chi connectivity index (χ4n) is 2.52. The zero-order chi connectivity index (χ0) is 13.8. The predicted octanol–water partition coefficient (Wildman–Crippen LogP) is 1.11. The highest BCUT2D eigenvalue weighted by molar-refractivity contribution is 5.44. The number of hydrogen-bond donors (Lipinski definition) is 0. The number of methoxy groups -OCH3 is 1. The molecule has 1 aromatic heterocycles. The van der Waals surface area contributed by atoms with Crippen LogP contribution in [0.4, 0.5) is 5.82 Å². The van der Waals surface area contributed by atoms with E-state index in [4.69, 9.17) is 10.00 Å². The van der Waals surface area contributed by atoms with Gasteiger partial charge in [-0.05, 0) is 25.6 Å². The number of nitrogens with zero attached hydrogens (tertiary/aromatic N) is 4. The van der Waals surface area contributed by atoms with Crippen molar-refractivity contribution >= 4 is 5.82 Å². The Bertz CT molecular complexity index is 471. The first-order valence-electron chi connectivity index (χ1n) is 6.44. The van der Waals surface area contributed by atoms with E-state index in [0.717, 1.165) is 25.3 Å². The van der Waals surface area contributed by atoms with Crippen LogP contribution in [-0.2, 0) is 4.74 Å². The summed E-state index contributed by atoms with van der Waals surface area (Å²) in [4.78, 5) is 8.73. The van der Waals surface area contributed by atoms with Gasteiger partial charge in [0.05, 0.1) is 17.7 Å². The maximum Gasteiger partial charge on any atom is 0.129 e. The lowest BCUT2D eigenvalue weighted by molar-refractivity contribution is 0.111. The summed E-state index contributed by atoms with van der Waals surface area (Å²) >= 11 is 0. The number of ether oxygens (including phenoxy) is 1. The van der Waals surface area contributed by atoms with Crippen LogP contribution in [0.3, 0.4) is 0 Å². The fraction of sp³-hybridized carbons (Fsp3) is 0.571. The molecule has 2 rings (SSSR count). The lowest BCUT2D eigenvalue weighted by atomic mass is 10.2. The van der Waals surface area contributed by atoms with Crippen LogP contribution in [0.25, 0.3) is 0 Å². The molecule has 19 heavy (non-hydrogen) atoms. The second-order valence-electron chi connectivity index (χ2n) is 5.08. The molecule has 0 amide bonds. The average Bonchev–Trinajstić information content (AvgIpc) is 2.79. The molecule has 0 radical (unpaired) electrons. The minimum absolute atomic E-state index is 0.321. The number of aromatic nitrogens is 1. The third kappa shape index (κ3) is 3.22. The molecule has 0 aliphatic carbocycles. The second-order valence-corrected chi connectivity index (χ2v) is 5.08. The summed E-state index contributed by atoms with van der Waals surface area (Å²) in [5.41, 5.74) is 0.645. The molecular weight excluding hydrogens is 240 g/mol. The Kier molecular flexibility index (Phi) is 4.35. The number of anilines is 1. The summed E-state index contributed by atoms with van der Waals surface area (Å²) in [5, 5.41) is 8.92. The Morgan fingerprint density at radius 1 is 1.63 bits per heavy atom. The first-order valence-corrected chi connectivity index (χ1v) is 6.44. The van der Waals surface area contributed by atoms with E-state index < -0.39 is 0 Å². The van der Waals surface area contributed by atoms with E-state index in [-0.39, 0.29) is 0 Å². The fourth-order valence-corrected chi connectivity index (χ4v) is 2.52. The van der Waals surface area contributed by atoms with Gasteiger partial charge >= 0.3 is 0 Å². The Morgan fingerprint density at radius 3 is 3.05 bits per heavy atom. The van der Waals surface area contributed by atoms with Crippen molar-refractivity contribution in [1.29, 1.82) is 5.26 Å². The van der Waals surface area contributed by atoms with Gasteiger partial charge in [-0.2, -0.15) is 5.26 Å². The van der Waals surface area contributed by atoms with Crippen molar-refractivity contribution in [2.45, 2.75) is 18.6 Å². The number of likely N-dealkylation sites (N-methyl/N-ethyl adjacent to an activating group) is 2. The molecule has 5 heteroatoms. The summed E-state index contributed by atoms with van der Waals surface area (Å²) in [6.45, 7) is 1.86. The molecule has 102 valence electrons. The summed E-state index contributed by atoms with van der Waals surface area (Å²) in [7, 11) is 5.90. The molecule has 0 saturated carbocycles. The highest BCUT2D eigenvalue weighted by Gasteiger charge is 2.30. The van der Waals surface area contributed by atoms with Crippen LogP contribution in [0.2, 0.25) is 0 Å². The highest BCUT2D eigenvalue weighted by atomic mass is 16.5. The second kappa shape index (κ2) is 6.00. The van der Waals surface area contributed by atoms with Gasteiger partial charge < -0.3 is 9.64 Å². The monoisotopic (exact) mass is 260 g/mol. The Hall–Kier alpha value is -1.64. The smallest absolute Gasteiger partial charge is 0.129 e. The van der Waals surface area contributed by atoms with E-state index in [2.05, 4.69) is 27.9 Å². The number of pyridine rings is 1. The zero-order valence-corrected chi connectivity index (χ0v) is 11.7. The first kappa shape index (κ1) is 13.8. The van der Waals surface area contributed by atoms with Crippen molar-refractivity contribution in [3.05, 3.63) is 23.9 Å². The van der Waals surface area contributed by atoms with E-state index in [9.17, 15) is 0 Å². The summed E-state index contributed by atoms with van der Waals surface area (Å²) in [6.07, 6.45) is 3.04. The molecule has 1 saturated heterocycles. The maximum atomic E-state index is 8.92. The van der Waals surface area contributed by atoms with Crippen LogP contribution in [0, 0.1) is 11.3 Å². The first-order chi connectivity index (χ1) is 9.13. The third-order valence-electron chi connectivity index (χ3n) is 3.73. The molecule has 1 aromatic rings. The molecule has 1 aliphatic heterocycles. The van der Waals surface area contributed by atoms with E-state index >= 15 is 0 Å². The minimum Gasteiger partial charge on any atom is -0.380 e. The number of hydrogen-bond acceptors (Lipinski definition) is 5. The zero-order valence-electron chi connectivity index (χ0n) is 11.7. The molecule has 2 atom stereocenters. The van der Waals surface area contributed by atoms with Crippen molar-refractivity contribution < 1.29 is 4.74 Å². The predicted molar refractivity (Wildman–Crippen MR) is 74.1 cm³/mol. The van der Waals surface area contributed by atoms with Crippen LogP contribution in [0.5, 0.6) is 0 Å². The van der Waals surface area contributed by atoms with Crippen molar-refractivity contribution in [1.82, 2.24) is 9.88 Å². The lowest BCUT2D eigenvalue weighted by Crippen LogP contribution is -2.36. The molecule has 0 bridgehead atoms. The van der Waals surface area contributed by atoms with Gasteiger partial charge in [-0.25, -0.2) is 4.98 Å². The minimum atomic E-state index is 0.321. The van der Waals surface area contributed by atoms with E-state index in [1.807, 2.05) is 13.1 Å². The number of nitriles is 1. The van der Waals surface area contributed by atoms with Gasteiger partial charge in [-0.15, -0.1) is 0 Å². The van der Waals surface area contributed by atoms with Crippen LogP contribution < -0.4 is 4.90 Å². The Morgan fingerprint density at radius 2 is 2.42 bits per heavy atom. The standard InChI is InChI=1S/C14H20N4O/c1-17-10-13(19-3)7-12(17)9-18(2)14-6-11(8-15)4-5-16-14/h4-6,12-13H,7,9-10H2,1-3H3/t12-,13-/m0/s1. The number of likely N-dealkylation sites (tertiary alicyclic amines) is 1.